The molecule has 1 aliphatic heterocycles. The number of allylic oxidation sites excluding steroid dienone is 4. The van der Waals surface area contributed by atoms with Crippen LogP contribution < -0.4 is 5.73 Å². The van der Waals surface area contributed by atoms with E-state index in [0.29, 0.717) is 25.7 Å². The molecule has 5 aliphatic rings. The van der Waals surface area contributed by atoms with Gasteiger partial charge in [0.1, 0.15) is 0 Å². The van der Waals surface area contributed by atoms with Crippen LogP contribution in [0, 0.1) is 28.6 Å². The number of nitrogens with two attached hydrogens (primary N) is 1. The first-order valence-corrected chi connectivity index (χ1v) is 18.3. The molecule has 11 atom stereocenters. The second kappa shape index (κ2) is 12.5. The highest BCUT2D eigenvalue weighted by Gasteiger charge is 2.76. The van der Waals surface area contributed by atoms with Gasteiger partial charge in [0.2, 0.25) is 5.78 Å². The molecular formula is C29H43NO13P2. The highest BCUT2D eigenvalue weighted by atomic mass is 31.3. The standard InChI is InChI=1S/C29H43NO13P2/c1-5-6-25-40-24-14-21-20-8-7-18-13-19(32)9-10-27(18,3)26(20)22(42-45(36,37)43-44(34,35)39-12-11-30)15-28(21,4)29(24,41-25)23(33)16-38-17(2)31/h9-10,13,20-22,24-26H,5-8,11-12,14-16,30H2,1-4H3,(H,34,35)(H,36,37)/t20-,21-,22-,24+,25?,26+,27-,28-,29+/m0/s1. The Morgan fingerprint density at radius 3 is 2.60 bits per heavy atom. The summed E-state index contributed by atoms with van der Waals surface area (Å²) in [5, 5.41) is 0. The van der Waals surface area contributed by atoms with Gasteiger partial charge in [-0.2, -0.15) is 4.31 Å². The summed E-state index contributed by atoms with van der Waals surface area (Å²) < 4.78 is 59.1. The van der Waals surface area contributed by atoms with E-state index in [1.54, 1.807) is 12.2 Å². The van der Waals surface area contributed by atoms with Gasteiger partial charge in [-0.15, -0.1) is 0 Å². The molecule has 4 aliphatic carbocycles. The Hall–Kier alpha value is -1.57. The summed E-state index contributed by atoms with van der Waals surface area (Å²) >= 11 is 0. The van der Waals surface area contributed by atoms with Gasteiger partial charge in [-0.3, -0.25) is 23.4 Å². The van der Waals surface area contributed by atoms with Gasteiger partial charge in [0.15, 0.2) is 24.3 Å². The lowest BCUT2D eigenvalue weighted by Crippen LogP contribution is -2.64. The Morgan fingerprint density at radius 2 is 1.93 bits per heavy atom. The van der Waals surface area contributed by atoms with Gasteiger partial charge in [-0.05, 0) is 56.1 Å². The van der Waals surface area contributed by atoms with Crippen LogP contribution in [0.4, 0.5) is 0 Å². The minimum atomic E-state index is -5.28. The van der Waals surface area contributed by atoms with Crippen LogP contribution in [0.5, 0.6) is 0 Å². The smallest absolute Gasteiger partial charge is 0.458 e. The number of fused-ring (bicyclic) bond motifs is 7. The summed E-state index contributed by atoms with van der Waals surface area (Å²) in [4.78, 5) is 59.2. The lowest BCUT2D eigenvalue weighted by molar-refractivity contribution is -0.200. The van der Waals surface area contributed by atoms with E-state index in [1.165, 1.54) is 13.0 Å². The number of hydrogen-bond donors (Lipinski definition) is 3. The van der Waals surface area contributed by atoms with E-state index in [-0.39, 0.29) is 30.6 Å². The molecule has 1 saturated heterocycles. The van der Waals surface area contributed by atoms with Crippen LogP contribution in [0.3, 0.4) is 0 Å². The zero-order chi connectivity index (χ0) is 33.0. The van der Waals surface area contributed by atoms with Gasteiger partial charge in [0.05, 0.1) is 18.8 Å². The van der Waals surface area contributed by atoms with E-state index in [9.17, 15) is 33.3 Å². The summed E-state index contributed by atoms with van der Waals surface area (Å²) in [6, 6.07) is 0. The zero-order valence-electron chi connectivity index (χ0n) is 25.9. The Morgan fingerprint density at radius 1 is 1.20 bits per heavy atom. The fourth-order valence-corrected chi connectivity index (χ4v) is 11.1. The van der Waals surface area contributed by atoms with Crippen molar-refractivity contribution in [3.63, 3.8) is 0 Å². The molecular weight excluding hydrogens is 632 g/mol. The van der Waals surface area contributed by atoms with Crippen molar-refractivity contribution in [3.05, 3.63) is 23.8 Å². The number of hydrogen-bond acceptors (Lipinski definition) is 12. The quantitative estimate of drug-likeness (QED) is 0.200. The zero-order valence-corrected chi connectivity index (χ0v) is 27.7. The molecule has 0 spiro atoms. The molecule has 1 heterocycles. The topological polar surface area (TPSA) is 207 Å². The van der Waals surface area contributed by atoms with E-state index in [1.807, 2.05) is 20.8 Å². The molecule has 5 rings (SSSR count). The monoisotopic (exact) mass is 675 g/mol. The van der Waals surface area contributed by atoms with Gasteiger partial charge in [-0.25, -0.2) is 9.13 Å². The van der Waals surface area contributed by atoms with Crippen molar-refractivity contribution < 1.29 is 60.9 Å². The van der Waals surface area contributed by atoms with Gasteiger partial charge in [0.25, 0.3) is 0 Å². The van der Waals surface area contributed by atoms with Crippen LogP contribution in [0.15, 0.2) is 23.8 Å². The van der Waals surface area contributed by atoms with Crippen molar-refractivity contribution in [2.75, 3.05) is 19.8 Å². The molecule has 0 aromatic heterocycles. The van der Waals surface area contributed by atoms with Crippen LogP contribution in [0.1, 0.15) is 66.2 Å². The molecule has 14 nitrogen and oxygen atoms in total. The van der Waals surface area contributed by atoms with Crippen molar-refractivity contribution >= 4 is 33.2 Å². The van der Waals surface area contributed by atoms with Crippen molar-refractivity contribution in [2.24, 2.45) is 34.3 Å². The fraction of sp³-hybridized carbons (Fsp3) is 0.759. The fourth-order valence-electron chi connectivity index (χ4n) is 8.86. The van der Waals surface area contributed by atoms with E-state index in [2.05, 4.69) is 8.83 Å². The van der Waals surface area contributed by atoms with Crippen molar-refractivity contribution in [1.82, 2.24) is 0 Å². The number of Topliss-reactive ketones (excluding diaryl/α,β-unsaturated/α-hetero) is 1. The van der Waals surface area contributed by atoms with Crippen molar-refractivity contribution in [3.8, 4) is 0 Å². The third kappa shape index (κ3) is 6.12. The third-order valence-corrected chi connectivity index (χ3v) is 13.2. The molecule has 4 fully saturated rings. The molecule has 3 unspecified atom stereocenters. The second-order valence-electron chi connectivity index (χ2n) is 13.1. The minimum Gasteiger partial charge on any atom is -0.458 e. The largest absolute Gasteiger partial charge is 0.481 e. The van der Waals surface area contributed by atoms with Crippen LogP contribution in [-0.4, -0.2) is 71.2 Å². The number of phosphoric ester groups is 2. The number of phosphoric acid groups is 2. The number of carbonyl (C=O) groups excluding carboxylic acids is 3. The molecule has 0 aromatic rings. The van der Waals surface area contributed by atoms with Gasteiger partial charge in [0, 0.05) is 30.2 Å². The lowest BCUT2D eigenvalue weighted by Gasteiger charge is -2.60. The molecule has 4 N–H and O–H groups in total. The Balaban J connectivity index is 1.58. The SMILES string of the molecule is CCCC1O[C@@H]2C[C@H]3[C@@H]4CCC5=CC(=O)C=C[C@]5(C)[C@H]4[C@@H](OP(=O)(O)OP(=O)(O)OCCN)C[C@]3(C)[C@]2(C(=O)COC(C)=O)O1. The summed E-state index contributed by atoms with van der Waals surface area (Å²) in [5.74, 6) is -2.19. The molecule has 45 heavy (non-hydrogen) atoms. The highest BCUT2D eigenvalue weighted by molar-refractivity contribution is 7.61. The Labute approximate surface area is 262 Å². The van der Waals surface area contributed by atoms with Crippen LogP contribution in [0.25, 0.3) is 0 Å². The van der Waals surface area contributed by atoms with E-state index in [4.69, 9.17) is 24.5 Å². The predicted octanol–water partition coefficient (Wildman–Crippen LogP) is 3.50. The number of ether oxygens (including phenoxy) is 3. The van der Waals surface area contributed by atoms with Crippen LogP contribution in [0.2, 0.25) is 0 Å². The van der Waals surface area contributed by atoms with E-state index < -0.39 is 81.5 Å². The summed E-state index contributed by atoms with van der Waals surface area (Å²) in [7, 11) is -10.3. The van der Waals surface area contributed by atoms with Gasteiger partial charge >= 0.3 is 21.6 Å². The first kappa shape index (κ1) is 34.8. The minimum absolute atomic E-state index is 0.0126. The van der Waals surface area contributed by atoms with Gasteiger partial charge in [-0.1, -0.05) is 38.8 Å². The second-order valence-corrected chi connectivity index (χ2v) is 16.1. The maximum atomic E-state index is 14.1. The number of ketones is 2. The lowest BCUT2D eigenvalue weighted by atomic mass is 9.46. The summed E-state index contributed by atoms with van der Waals surface area (Å²) in [6.45, 7) is 5.88. The van der Waals surface area contributed by atoms with Crippen LogP contribution >= 0.6 is 15.6 Å². The average molecular weight is 676 g/mol. The average Bonchev–Trinajstić information content (AvgIpc) is 3.42. The number of rotatable bonds is 12. The first-order chi connectivity index (χ1) is 21.0. The maximum Gasteiger partial charge on any atom is 0.481 e. The summed E-state index contributed by atoms with van der Waals surface area (Å²) in [5.41, 5.74) is 2.79. The molecule has 0 amide bonds. The van der Waals surface area contributed by atoms with Gasteiger partial charge < -0.3 is 29.7 Å². The van der Waals surface area contributed by atoms with Crippen molar-refractivity contribution in [2.45, 2.75) is 90.3 Å². The molecule has 0 bridgehead atoms. The van der Waals surface area contributed by atoms with E-state index >= 15 is 0 Å². The Kier molecular flexibility index (Phi) is 9.63. The molecule has 252 valence electrons. The van der Waals surface area contributed by atoms with E-state index in [0.717, 1.165) is 12.0 Å². The van der Waals surface area contributed by atoms with Crippen LogP contribution in [-0.2, 0) is 51.1 Å². The molecule has 0 radical (unpaired) electrons. The first-order valence-electron chi connectivity index (χ1n) is 15.4. The van der Waals surface area contributed by atoms with Crippen molar-refractivity contribution in [1.29, 1.82) is 0 Å². The summed E-state index contributed by atoms with van der Waals surface area (Å²) in [6.07, 6.45) is 5.14. The predicted molar refractivity (Wildman–Crippen MR) is 157 cm³/mol. The Bertz CT molecular complexity index is 1380. The number of esters is 1. The normalized spacial score (nSPS) is 41.1. The maximum absolute atomic E-state index is 14.1. The molecule has 0 aromatic carbocycles. The third-order valence-electron chi connectivity index (χ3n) is 10.5. The molecule has 3 saturated carbocycles. The number of carbonyl (C=O) groups is 3. The molecule has 16 heteroatoms. The highest BCUT2D eigenvalue weighted by Crippen LogP contribution is 2.72.